The number of esters is 1. The van der Waals surface area contributed by atoms with Gasteiger partial charge in [0, 0.05) is 12.2 Å². The second kappa shape index (κ2) is 7.76. The van der Waals surface area contributed by atoms with E-state index in [1.807, 2.05) is 52.0 Å². The molecule has 1 aliphatic rings. The second-order valence-electron chi connectivity index (χ2n) is 7.33. The highest BCUT2D eigenvalue weighted by atomic mass is 16.6. The van der Waals surface area contributed by atoms with Crippen LogP contribution in [0.2, 0.25) is 0 Å². The lowest BCUT2D eigenvalue weighted by atomic mass is 10.1. The summed E-state index contributed by atoms with van der Waals surface area (Å²) in [4.78, 5) is 25.8. The lowest BCUT2D eigenvalue weighted by Gasteiger charge is -2.25. The molecule has 0 spiro atoms. The molecule has 1 saturated heterocycles. The molecule has 0 unspecified atom stereocenters. The van der Waals surface area contributed by atoms with E-state index in [0.717, 1.165) is 30.6 Å². The smallest absolute Gasteiger partial charge is 0.408 e. The van der Waals surface area contributed by atoms with Crippen LogP contribution in [0.3, 0.4) is 0 Å². The van der Waals surface area contributed by atoms with Crippen molar-refractivity contribution in [2.24, 2.45) is 0 Å². The third-order valence-corrected chi connectivity index (χ3v) is 4.18. The van der Waals surface area contributed by atoms with Crippen molar-refractivity contribution in [2.75, 3.05) is 18.6 Å². The van der Waals surface area contributed by atoms with Crippen LogP contribution in [0, 0.1) is 0 Å². The maximum atomic E-state index is 11.9. The number of hydrogen-bond donors (Lipinski definition) is 1. The molecule has 1 aromatic carbocycles. The van der Waals surface area contributed by atoms with Gasteiger partial charge in [0.2, 0.25) is 0 Å². The van der Waals surface area contributed by atoms with Crippen molar-refractivity contribution >= 4 is 17.7 Å². The minimum absolute atomic E-state index is 0.168. The monoisotopic (exact) mass is 348 g/mol. The summed E-state index contributed by atoms with van der Waals surface area (Å²) in [6.07, 6.45) is 1.35. The summed E-state index contributed by atoms with van der Waals surface area (Å²) in [5.74, 6) is -0.193. The number of benzene rings is 1. The van der Waals surface area contributed by atoms with Crippen molar-refractivity contribution in [2.45, 2.75) is 58.2 Å². The van der Waals surface area contributed by atoms with Gasteiger partial charge in [0.15, 0.2) is 0 Å². The summed E-state index contributed by atoms with van der Waals surface area (Å²) >= 11 is 0. The highest BCUT2D eigenvalue weighted by Gasteiger charge is 2.31. The van der Waals surface area contributed by atoms with Crippen LogP contribution in [0.25, 0.3) is 0 Å². The average Bonchev–Trinajstić information content (AvgIpc) is 3.02. The zero-order valence-corrected chi connectivity index (χ0v) is 15.7. The summed E-state index contributed by atoms with van der Waals surface area (Å²) in [6.45, 7) is 8.25. The van der Waals surface area contributed by atoms with Crippen LogP contribution in [-0.2, 0) is 14.3 Å². The minimum Gasteiger partial charge on any atom is -0.467 e. The molecular weight excluding hydrogens is 320 g/mol. The van der Waals surface area contributed by atoms with Gasteiger partial charge in [-0.05, 0) is 58.2 Å². The molecule has 1 N–H and O–H groups in total. The number of alkyl carbamates (subject to hydrolysis) is 1. The minimum atomic E-state index is -0.522. The molecule has 0 radical (unpaired) electrons. The van der Waals surface area contributed by atoms with Crippen molar-refractivity contribution in [3.8, 4) is 0 Å². The molecular formula is C19H28N2O4. The Labute approximate surface area is 149 Å². The molecule has 0 aromatic heterocycles. The maximum Gasteiger partial charge on any atom is 0.408 e. The molecule has 6 heteroatoms. The predicted octanol–water partition coefficient (Wildman–Crippen LogP) is 3.41. The standard InChI is InChI=1S/C19H28N2O4/c1-13(20-18(23)25-19(2,3)4)14-8-10-15(11-9-14)21-12-6-7-16(21)17(22)24-5/h8-11,13,16H,6-7,12H2,1-5H3,(H,20,23)/t13-,16-/m0/s1. The van der Waals surface area contributed by atoms with Gasteiger partial charge in [0.1, 0.15) is 11.6 Å². The van der Waals surface area contributed by atoms with E-state index >= 15 is 0 Å². The number of carbonyl (C=O) groups excluding carboxylic acids is 2. The number of rotatable bonds is 4. The molecule has 2 atom stereocenters. The Bertz CT molecular complexity index is 607. The van der Waals surface area contributed by atoms with E-state index in [-0.39, 0.29) is 18.1 Å². The molecule has 1 aliphatic heterocycles. The first-order chi connectivity index (χ1) is 11.7. The zero-order chi connectivity index (χ0) is 18.6. The lowest BCUT2D eigenvalue weighted by Crippen LogP contribution is -2.36. The van der Waals surface area contributed by atoms with Crippen molar-refractivity contribution < 1.29 is 19.1 Å². The summed E-state index contributed by atoms with van der Waals surface area (Å²) in [5.41, 5.74) is 1.44. The van der Waals surface area contributed by atoms with Gasteiger partial charge in [-0.2, -0.15) is 0 Å². The number of ether oxygens (including phenoxy) is 2. The van der Waals surface area contributed by atoms with Gasteiger partial charge in [0.05, 0.1) is 13.2 Å². The molecule has 0 bridgehead atoms. The van der Waals surface area contributed by atoms with Gasteiger partial charge in [-0.3, -0.25) is 0 Å². The van der Waals surface area contributed by atoms with E-state index in [0.29, 0.717) is 0 Å². The van der Waals surface area contributed by atoms with E-state index in [9.17, 15) is 9.59 Å². The number of hydrogen-bond acceptors (Lipinski definition) is 5. The number of carbonyl (C=O) groups is 2. The Morgan fingerprint density at radius 3 is 2.44 bits per heavy atom. The molecule has 0 saturated carbocycles. The van der Waals surface area contributed by atoms with Gasteiger partial charge >= 0.3 is 12.1 Å². The van der Waals surface area contributed by atoms with Crippen LogP contribution < -0.4 is 10.2 Å². The molecule has 2 rings (SSSR count). The number of nitrogens with one attached hydrogen (secondary N) is 1. The molecule has 138 valence electrons. The molecule has 1 aromatic rings. The zero-order valence-electron chi connectivity index (χ0n) is 15.7. The van der Waals surface area contributed by atoms with Crippen LogP contribution >= 0.6 is 0 Å². The van der Waals surface area contributed by atoms with Crippen molar-refractivity contribution in [1.29, 1.82) is 0 Å². The Morgan fingerprint density at radius 1 is 1.24 bits per heavy atom. The number of nitrogens with zero attached hydrogens (tertiary/aromatic N) is 1. The third-order valence-electron chi connectivity index (χ3n) is 4.18. The second-order valence-corrected chi connectivity index (χ2v) is 7.33. The molecule has 25 heavy (non-hydrogen) atoms. The van der Waals surface area contributed by atoms with Gasteiger partial charge in [-0.25, -0.2) is 9.59 Å². The van der Waals surface area contributed by atoms with Crippen LogP contribution in [-0.4, -0.2) is 37.4 Å². The number of anilines is 1. The van der Waals surface area contributed by atoms with E-state index in [1.165, 1.54) is 7.11 Å². The maximum absolute atomic E-state index is 11.9. The van der Waals surface area contributed by atoms with Crippen LogP contribution in [0.15, 0.2) is 24.3 Å². The van der Waals surface area contributed by atoms with E-state index < -0.39 is 11.7 Å². The lowest BCUT2D eigenvalue weighted by molar-refractivity contribution is -0.141. The van der Waals surface area contributed by atoms with Crippen LogP contribution in [0.5, 0.6) is 0 Å². The van der Waals surface area contributed by atoms with Crippen LogP contribution in [0.4, 0.5) is 10.5 Å². The first-order valence-corrected chi connectivity index (χ1v) is 8.65. The largest absolute Gasteiger partial charge is 0.467 e. The molecule has 1 heterocycles. The highest BCUT2D eigenvalue weighted by molar-refractivity contribution is 5.80. The van der Waals surface area contributed by atoms with E-state index in [4.69, 9.17) is 9.47 Å². The van der Waals surface area contributed by atoms with Gasteiger partial charge in [-0.15, -0.1) is 0 Å². The normalized spacial score (nSPS) is 18.6. The summed E-state index contributed by atoms with van der Waals surface area (Å²) < 4.78 is 10.2. The van der Waals surface area contributed by atoms with Crippen molar-refractivity contribution in [3.05, 3.63) is 29.8 Å². The molecule has 1 amide bonds. The van der Waals surface area contributed by atoms with Gasteiger partial charge in [0.25, 0.3) is 0 Å². The topological polar surface area (TPSA) is 67.9 Å². The SMILES string of the molecule is COC(=O)[C@@H]1CCCN1c1ccc([C@H](C)NC(=O)OC(C)(C)C)cc1. The number of amides is 1. The molecule has 1 fully saturated rings. The Hall–Kier alpha value is -2.24. The Morgan fingerprint density at radius 2 is 1.88 bits per heavy atom. The molecule has 0 aliphatic carbocycles. The first kappa shape index (κ1) is 19.1. The van der Waals surface area contributed by atoms with Crippen molar-refractivity contribution in [3.63, 3.8) is 0 Å². The van der Waals surface area contributed by atoms with Crippen molar-refractivity contribution in [1.82, 2.24) is 5.32 Å². The number of methoxy groups -OCH3 is 1. The van der Waals surface area contributed by atoms with Gasteiger partial charge < -0.3 is 19.7 Å². The quantitative estimate of drug-likeness (QED) is 0.845. The average molecular weight is 348 g/mol. The molecule has 6 nitrogen and oxygen atoms in total. The Balaban J connectivity index is 2.02. The fourth-order valence-corrected chi connectivity index (χ4v) is 2.98. The van der Waals surface area contributed by atoms with Crippen LogP contribution in [0.1, 0.15) is 52.1 Å². The fraction of sp³-hybridized carbons (Fsp3) is 0.579. The van der Waals surface area contributed by atoms with E-state index in [1.54, 1.807) is 0 Å². The predicted molar refractivity (Wildman–Crippen MR) is 96.6 cm³/mol. The summed E-state index contributed by atoms with van der Waals surface area (Å²) in [6, 6.07) is 7.49. The third kappa shape index (κ3) is 5.11. The van der Waals surface area contributed by atoms with Gasteiger partial charge in [-0.1, -0.05) is 12.1 Å². The first-order valence-electron chi connectivity index (χ1n) is 8.65. The summed E-state index contributed by atoms with van der Waals surface area (Å²) in [7, 11) is 1.42. The highest BCUT2D eigenvalue weighted by Crippen LogP contribution is 2.27. The summed E-state index contributed by atoms with van der Waals surface area (Å²) in [5, 5.41) is 2.83. The fourth-order valence-electron chi connectivity index (χ4n) is 2.98. The van der Waals surface area contributed by atoms with E-state index in [2.05, 4.69) is 10.2 Å². The Kier molecular flexibility index (Phi) is 5.93.